The molecule has 1 saturated heterocycles. The number of aliphatic imine (C=N–C) groups is 1. The summed E-state index contributed by atoms with van der Waals surface area (Å²) in [4.78, 5) is 4.59. The number of nitrogens with one attached hydrogen (secondary N) is 2. The Morgan fingerprint density at radius 1 is 1.37 bits per heavy atom. The first-order valence-corrected chi connectivity index (χ1v) is 9.64. The second-order valence-electron chi connectivity index (χ2n) is 6.10. The first-order valence-electron chi connectivity index (χ1n) is 9.27. The summed E-state index contributed by atoms with van der Waals surface area (Å²) in [6, 6.07) is 5.76. The average Bonchev–Trinajstić information content (AvgIpc) is 3.16. The molecule has 1 heterocycles. The summed E-state index contributed by atoms with van der Waals surface area (Å²) < 4.78 is 16.2. The molecule has 0 aliphatic carbocycles. The van der Waals surface area contributed by atoms with Gasteiger partial charge in [-0.25, -0.2) is 0 Å². The highest BCUT2D eigenvalue weighted by molar-refractivity contribution is 14.0. The second kappa shape index (κ2) is 14.3. The Morgan fingerprint density at radius 2 is 2.22 bits per heavy atom. The van der Waals surface area contributed by atoms with Crippen molar-refractivity contribution in [3.63, 3.8) is 0 Å². The van der Waals surface area contributed by atoms with E-state index in [9.17, 15) is 0 Å². The zero-order valence-corrected chi connectivity index (χ0v) is 19.2. The molecule has 0 amide bonds. The molecule has 1 aromatic carbocycles. The predicted molar refractivity (Wildman–Crippen MR) is 121 cm³/mol. The SMILES string of the molecule is CCNC(=NCCCOC1CCOC1)NCCc1ccc(OC)cc1Cl.I. The smallest absolute Gasteiger partial charge is 0.191 e. The van der Waals surface area contributed by atoms with Crippen LogP contribution >= 0.6 is 35.6 Å². The molecule has 1 unspecified atom stereocenters. The average molecular weight is 512 g/mol. The van der Waals surface area contributed by atoms with E-state index < -0.39 is 0 Å². The third kappa shape index (κ3) is 9.32. The van der Waals surface area contributed by atoms with Crippen molar-refractivity contribution in [2.75, 3.05) is 46.6 Å². The Bertz CT molecular complexity index is 569. The Hall–Kier alpha value is -0.770. The minimum atomic E-state index is 0. The minimum Gasteiger partial charge on any atom is -0.497 e. The van der Waals surface area contributed by atoms with Crippen LogP contribution in [0, 0.1) is 0 Å². The Morgan fingerprint density at radius 3 is 2.89 bits per heavy atom. The van der Waals surface area contributed by atoms with Crippen molar-refractivity contribution >= 4 is 41.5 Å². The van der Waals surface area contributed by atoms with Crippen molar-refractivity contribution in [1.29, 1.82) is 0 Å². The fraction of sp³-hybridized carbons (Fsp3) is 0.632. The third-order valence-corrected chi connectivity index (χ3v) is 4.46. The van der Waals surface area contributed by atoms with Gasteiger partial charge in [-0.3, -0.25) is 4.99 Å². The third-order valence-electron chi connectivity index (χ3n) is 4.11. The summed E-state index contributed by atoms with van der Waals surface area (Å²) in [5.74, 6) is 1.59. The normalized spacial score (nSPS) is 16.7. The first-order chi connectivity index (χ1) is 12.7. The fourth-order valence-corrected chi connectivity index (χ4v) is 2.93. The summed E-state index contributed by atoms with van der Waals surface area (Å²) in [6.07, 6.45) is 2.98. The van der Waals surface area contributed by atoms with Gasteiger partial charge in [-0.2, -0.15) is 0 Å². The number of nitrogens with zero attached hydrogens (tertiary/aromatic N) is 1. The molecule has 0 spiro atoms. The lowest BCUT2D eigenvalue weighted by Gasteiger charge is -2.13. The van der Waals surface area contributed by atoms with Crippen LogP contribution in [-0.2, 0) is 15.9 Å². The topological polar surface area (TPSA) is 64.1 Å². The minimum absolute atomic E-state index is 0. The van der Waals surface area contributed by atoms with Gasteiger partial charge in [0.1, 0.15) is 5.75 Å². The molecule has 27 heavy (non-hydrogen) atoms. The van der Waals surface area contributed by atoms with Gasteiger partial charge >= 0.3 is 0 Å². The van der Waals surface area contributed by atoms with Gasteiger partial charge in [-0.05, 0) is 43.9 Å². The largest absolute Gasteiger partial charge is 0.497 e. The lowest BCUT2D eigenvalue weighted by molar-refractivity contribution is 0.0424. The number of ether oxygens (including phenoxy) is 3. The maximum absolute atomic E-state index is 6.28. The molecule has 2 N–H and O–H groups in total. The molecule has 154 valence electrons. The summed E-state index contributed by atoms with van der Waals surface area (Å²) in [5, 5.41) is 7.33. The monoisotopic (exact) mass is 511 g/mol. The van der Waals surface area contributed by atoms with E-state index in [-0.39, 0.29) is 30.1 Å². The van der Waals surface area contributed by atoms with Gasteiger partial charge in [0.15, 0.2) is 5.96 Å². The molecule has 0 saturated carbocycles. The number of rotatable bonds is 10. The van der Waals surface area contributed by atoms with E-state index in [4.69, 9.17) is 25.8 Å². The highest BCUT2D eigenvalue weighted by Gasteiger charge is 2.15. The van der Waals surface area contributed by atoms with Crippen molar-refractivity contribution < 1.29 is 14.2 Å². The van der Waals surface area contributed by atoms with Crippen LogP contribution in [0.3, 0.4) is 0 Å². The van der Waals surface area contributed by atoms with Crippen molar-refractivity contribution in [3.8, 4) is 5.75 Å². The lowest BCUT2D eigenvalue weighted by atomic mass is 10.1. The number of hydrogen-bond donors (Lipinski definition) is 2. The summed E-state index contributed by atoms with van der Waals surface area (Å²) >= 11 is 6.28. The molecule has 1 aliphatic rings. The maximum Gasteiger partial charge on any atom is 0.191 e. The number of guanidine groups is 1. The van der Waals surface area contributed by atoms with E-state index in [0.29, 0.717) is 0 Å². The van der Waals surface area contributed by atoms with Crippen molar-refractivity contribution in [2.24, 2.45) is 4.99 Å². The number of hydrogen-bond acceptors (Lipinski definition) is 4. The van der Waals surface area contributed by atoms with Crippen LogP contribution in [0.5, 0.6) is 5.75 Å². The lowest BCUT2D eigenvalue weighted by Crippen LogP contribution is -2.38. The predicted octanol–water partition coefficient (Wildman–Crippen LogP) is 3.26. The number of benzene rings is 1. The van der Waals surface area contributed by atoms with Crippen molar-refractivity contribution in [2.45, 2.75) is 32.3 Å². The van der Waals surface area contributed by atoms with E-state index in [1.807, 2.05) is 18.2 Å². The molecule has 0 bridgehead atoms. The Labute approximate surface area is 184 Å². The van der Waals surface area contributed by atoms with E-state index >= 15 is 0 Å². The molecular formula is C19H31ClIN3O3. The molecule has 0 radical (unpaired) electrons. The molecule has 8 heteroatoms. The highest BCUT2D eigenvalue weighted by Crippen LogP contribution is 2.22. The van der Waals surface area contributed by atoms with Gasteiger partial charge < -0.3 is 24.8 Å². The second-order valence-corrected chi connectivity index (χ2v) is 6.51. The Kier molecular flexibility index (Phi) is 12.8. The molecular weight excluding hydrogens is 481 g/mol. The van der Waals surface area contributed by atoms with Gasteiger partial charge in [-0.1, -0.05) is 17.7 Å². The van der Waals surface area contributed by atoms with Crippen LogP contribution in [-0.4, -0.2) is 58.6 Å². The van der Waals surface area contributed by atoms with Crippen LogP contribution in [0.25, 0.3) is 0 Å². The standard InChI is InChI=1S/C19H30ClN3O3.HI/c1-3-21-19(22-9-4-11-26-17-8-12-25-14-17)23-10-7-15-5-6-16(24-2)13-18(15)20;/h5-6,13,17H,3-4,7-12,14H2,1-2H3,(H2,21,22,23);1H. The van der Waals surface area contributed by atoms with Crippen LogP contribution in [0.1, 0.15) is 25.3 Å². The quantitative estimate of drug-likeness (QED) is 0.219. The van der Waals surface area contributed by atoms with Gasteiger partial charge in [0.2, 0.25) is 0 Å². The Balaban J connectivity index is 0.00000364. The van der Waals surface area contributed by atoms with E-state index in [0.717, 1.165) is 81.0 Å². The van der Waals surface area contributed by atoms with Gasteiger partial charge in [0.25, 0.3) is 0 Å². The summed E-state index contributed by atoms with van der Waals surface area (Å²) in [7, 11) is 1.64. The molecule has 1 aromatic rings. The molecule has 0 aromatic heterocycles. The molecule has 6 nitrogen and oxygen atoms in total. The molecule has 2 rings (SSSR count). The van der Waals surface area contributed by atoms with Crippen LogP contribution in [0.15, 0.2) is 23.2 Å². The summed E-state index contributed by atoms with van der Waals surface area (Å²) in [6.45, 7) is 6.63. The van der Waals surface area contributed by atoms with E-state index in [2.05, 4.69) is 22.5 Å². The fourth-order valence-electron chi connectivity index (χ4n) is 2.66. The zero-order chi connectivity index (χ0) is 18.6. The number of methoxy groups -OCH3 is 1. The van der Waals surface area contributed by atoms with Gasteiger partial charge in [-0.15, -0.1) is 24.0 Å². The van der Waals surface area contributed by atoms with Crippen LogP contribution in [0.4, 0.5) is 0 Å². The van der Waals surface area contributed by atoms with Crippen LogP contribution in [0.2, 0.25) is 5.02 Å². The maximum atomic E-state index is 6.28. The van der Waals surface area contributed by atoms with E-state index in [1.54, 1.807) is 7.11 Å². The zero-order valence-electron chi connectivity index (χ0n) is 16.1. The highest BCUT2D eigenvalue weighted by atomic mass is 127. The molecule has 1 fully saturated rings. The van der Waals surface area contributed by atoms with E-state index in [1.165, 1.54) is 0 Å². The molecule has 1 aliphatic heterocycles. The summed E-state index contributed by atoms with van der Waals surface area (Å²) in [5.41, 5.74) is 1.09. The number of halogens is 2. The first kappa shape index (κ1) is 24.3. The van der Waals surface area contributed by atoms with Crippen molar-refractivity contribution in [1.82, 2.24) is 10.6 Å². The van der Waals surface area contributed by atoms with Gasteiger partial charge in [0, 0.05) is 37.9 Å². The molecule has 1 atom stereocenters. The van der Waals surface area contributed by atoms with Crippen molar-refractivity contribution in [3.05, 3.63) is 28.8 Å². The van der Waals surface area contributed by atoms with Crippen LogP contribution < -0.4 is 15.4 Å². The van der Waals surface area contributed by atoms with Gasteiger partial charge in [0.05, 0.1) is 19.8 Å².